The number of carbonyl (C=O) groups is 1. The number of nitrogens with one attached hydrogen (secondary N) is 2. The van der Waals surface area contributed by atoms with Crippen molar-refractivity contribution in [2.75, 3.05) is 43.5 Å². The second-order valence-electron chi connectivity index (χ2n) is 6.09. The molecule has 1 aliphatic heterocycles. The van der Waals surface area contributed by atoms with Crippen molar-refractivity contribution in [3.63, 3.8) is 0 Å². The van der Waals surface area contributed by atoms with Gasteiger partial charge in [-0.2, -0.15) is 18.2 Å². The molecule has 3 rings (SSSR count). The Hall–Kier alpha value is -2.88. The molecule has 0 bridgehead atoms. The van der Waals surface area contributed by atoms with Crippen molar-refractivity contribution >= 4 is 23.4 Å². The summed E-state index contributed by atoms with van der Waals surface area (Å²) in [7, 11) is 0. The van der Waals surface area contributed by atoms with Crippen LogP contribution in [0.3, 0.4) is 0 Å². The van der Waals surface area contributed by atoms with Crippen LogP contribution in [0.4, 0.5) is 30.6 Å². The summed E-state index contributed by atoms with van der Waals surface area (Å²) in [4.78, 5) is 21.8. The predicted octanol–water partition coefficient (Wildman–Crippen LogP) is 3.14. The van der Waals surface area contributed by atoms with Gasteiger partial charge in [-0.3, -0.25) is 4.79 Å². The Labute approximate surface area is 159 Å². The lowest BCUT2D eigenvalue weighted by Gasteiger charge is -2.26. The highest BCUT2D eigenvalue weighted by Crippen LogP contribution is 2.34. The van der Waals surface area contributed by atoms with Crippen LogP contribution in [0.5, 0.6) is 0 Å². The molecule has 1 amide bonds. The highest BCUT2D eigenvalue weighted by molar-refractivity contribution is 5.94. The molecule has 0 unspecified atom stereocenters. The molecule has 1 aliphatic rings. The molecule has 0 atom stereocenters. The zero-order valence-electron chi connectivity index (χ0n) is 15.2. The Morgan fingerprint density at radius 3 is 2.50 bits per heavy atom. The molecule has 0 spiro atoms. The molecule has 2 N–H and O–H groups in total. The van der Waals surface area contributed by atoms with Crippen molar-refractivity contribution in [1.29, 1.82) is 0 Å². The summed E-state index contributed by atoms with van der Waals surface area (Å²) in [5, 5.41) is 5.45. The summed E-state index contributed by atoms with van der Waals surface area (Å²) in [5.41, 5.74) is 0.154. The quantitative estimate of drug-likeness (QED) is 0.810. The molecule has 0 saturated carbocycles. The number of hydrogen-bond donors (Lipinski definition) is 2. The van der Waals surface area contributed by atoms with Gasteiger partial charge in [-0.25, -0.2) is 4.98 Å². The SMILES string of the molecule is CCNc1nc(Nc2ccc(C(=O)N3CCOCC3)cc2)ncc1C(F)(F)F. The van der Waals surface area contributed by atoms with Gasteiger partial charge in [-0.15, -0.1) is 0 Å². The van der Waals surface area contributed by atoms with E-state index in [1.807, 2.05) is 0 Å². The fraction of sp³-hybridized carbons (Fsp3) is 0.389. The Balaban J connectivity index is 1.73. The van der Waals surface area contributed by atoms with Crippen molar-refractivity contribution in [2.45, 2.75) is 13.1 Å². The van der Waals surface area contributed by atoms with E-state index in [4.69, 9.17) is 4.74 Å². The van der Waals surface area contributed by atoms with E-state index >= 15 is 0 Å². The van der Waals surface area contributed by atoms with Crippen molar-refractivity contribution in [3.8, 4) is 0 Å². The number of alkyl halides is 3. The summed E-state index contributed by atoms with van der Waals surface area (Å²) >= 11 is 0. The van der Waals surface area contributed by atoms with Crippen LogP contribution in [-0.2, 0) is 10.9 Å². The smallest absolute Gasteiger partial charge is 0.378 e. The second-order valence-corrected chi connectivity index (χ2v) is 6.09. The van der Waals surface area contributed by atoms with E-state index in [1.165, 1.54) is 0 Å². The van der Waals surface area contributed by atoms with Crippen LogP contribution in [0.15, 0.2) is 30.5 Å². The van der Waals surface area contributed by atoms with E-state index in [2.05, 4.69) is 20.6 Å². The highest BCUT2D eigenvalue weighted by atomic mass is 19.4. The van der Waals surface area contributed by atoms with Crippen LogP contribution in [0.2, 0.25) is 0 Å². The molecule has 28 heavy (non-hydrogen) atoms. The first-order chi connectivity index (χ1) is 13.4. The molecule has 1 aromatic heterocycles. The lowest BCUT2D eigenvalue weighted by Crippen LogP contribution is -2.40. The second kappa shape index (κ2) is 8.42. The zero-order valence-corrected chi connectivity index (χ0v) is 15.2. The number of aromatic nitrogens is 2. The first-order valence-electron chi connectivity index (χ1n) is 8.80. The third-order valence-electron chi connectivity index (χ3n) is 4.12. The normalized spacial score (nSPS) is 14.6. The Morgan fingerprint density at radius 2 is 1.89 bits per heavy atom. The van der Waals surface area contributed by atoms with Crippen molar-refractivity contribution < 1.29 is 22.7 Å². The summed E-state index contributed by atoms with van der Waals surface area (Å²) < 4.78 is 44.3. The number of ether oxygens (including phenoxy) is 1. The maximum absolute atomic E-state index is 13.0. The standard InChI is InChI=1S/C18H20F3N5O2/c1-2-22-15-14(18(19,20)21)11-23-17(25-15)24-13-5-3-12(4-6-13)16(27)26-7-9-28-10-8-26/h3-6,11H,2,7-10H2,1H3,(H2,22,23,24,25). The van der Waals surface area contributed by atoms with Crippen LogP contribution in [0.1, 0.15) is 22.8 Å². The van der Waals surface area contributed by atoms with Gasteiger partial charge in [0.25, 0.3) is 5.91 Å². The maximum Gasteiger partial charge on any atom is 0.421 e. The molecule has 2 aromatic rings. The number of hydrogen-bond acceptors (Lipinski definition) is 6. The van der Waals surface area contributed by atoms with E-state index in [0.717, 1.165) is 6.20 Å². The Kier molecular flexibility index (Phi) is 5.98. The minimum atomic E-state index is -4.54. The largest absolute Gasteiger partial charge is 0.421 e. The number of nitrogens with zero attached hydrogens (tertiary/aromatic N) is 3. The van der Waals surface area contributed by atoms with E-state index < -0.39 is 11.7 Å². The molecular formula is C18H20F3N5O2. The third-order valence-corrected chi connectivity index (χ3v) is 4.12. The Morgan fingerprint density at radius 1 is 1.21 bits per heavy atom. The van der Waals surface area contributed by atoms with Crippen LogP contribution < -0.4 is 10.6 Å². The van der Waals surface area contributed by atoms with Gasteiger partial charge < -0.3 is 20.3 Å². The Bertz CT molecular complexity index is 821. The van der Waals surface area contributed by atoms with Gasteiger partial charge in [0.1, 0.15) is 11.4 Å². The van der Waals surface area contributed by atoms with Crippen molar-refractivity contribution in [1.82, 2.24) is 14.9 Å². The summed E-state index contributed by atoms with van der Waals surface area (Å²) in [5.74, 6) is -0.349. The maximum atomic E-state index is 13.0. The summed E-state index contributed by atoms with van der Waals surface area (Å²) in [6.45, 7) is 4.10. The van der Waals surface area contributed by atoms with Gasteiger partial charge in [0.2, 0.25) is 5.95 Å². The average molecular weight is 395 g/mol. The zero-order chi connectivity index (χ0) is 20.1. The fourth-order valence-corrected chi connectivity index (χ4v) is 2.73. The van der Waals surface area contributed by atoms with Crippen LogP contribution in [0, 0.1) is 0 Å². The first-order valence-corrected chi connectivity index (χ1v) is 8.80. The minimum Gasteiger partial charge on any atom is -0.378 e. The third kappa shape index (κ3) is 4.69. The first kappa shape index (κ1) is 19.9. The molecule has 2 heterocycles. The molecule has 0 aliphatic carbocycles. The molecule has 150 valence electrons. The van der Waals surface area contributed by atoms with Gasteiger partial charge in [0, 0.05) is 37.1 Å². The van der Waals surface area contributed by atoms with Gasteiger partial charge in [0.15, 0.2) is 0 Å². The van der Waals surface area contributed by atoms with Gasteiger partial charge in [0.05, 0.1) is 13.2 Å². The lowest BCUT2D eigenvalue weighted by atomic mass is 10.1. The van der Waals surface area contributed by atoms with Gasteiger partial charge in [-0.05, 0) is 31.2 Å². The average Bonchev–Trinajstić information content (AvgIpc) is 2.68. The van der Waals surface area contributed by atoms with Crippen molar-refractivity contribution in [2.24, 2.45) is 0 Å². The predicted molar refractivity (Wildman–Crippen MR) is 97.6 cm³/mol. The monoisotopic (exact) mass is 395 g/mol. The number of anilines is 3. The van der Waals surface area contributed by atoms with Crippen LogP contribution in [0.25, 0.3) is 0 Å². The number of morpholine rings is 1. The van der Waals surface area contributed by atoms with E-state index in [1.54, 1.807) is 36.1 Å². The number of amides is 1. The minimum absolute atomic E-state index is 0.0243. The van der Waals surface area contributed by atoms with Gasteiger partial charge >= 0.3 is 6.18 Å². The number of rotatable bonds is 5. The van der Waals surface area contributed by atoms with E-state index in [0.29, 0.717) is 37.6 Å². The molecule has 10 heteroatoms. The summed E-state index contributed by atoms with van der Waals surface area (Å²) in [6.07, 6.45) is -3.80. The summed E-state index contributed by atoms with van der Waals surface area (Å²) in [6, 6.07) is 6.61. The number of halogens is 3. The molecule has 0 radical (unpaired) electrons. The molecule has 1 fully saturated rings. The molecular weight excluding hydrogens is 375 g/mol. The van der Waals surface area contributed by atoms with E-state index in [-0.39, 0.29) is 24.2 Å². The topological polar surface area (TPSA) is 79.4 Å². The van der Waals surface area contributed by atoms with E-state index in [9.17, 15) is 18.0 Å². The molecule has 7 nitrogen and oxygen atoms in total. The molecule has 1 aromatic carbocycles. The van der Waals surface area contributed by atoms with Crippen molar-refractivity contribution in [3.05, 3.63) is 41.6 Å². The van der Waals surface area contributed by atoms with Crippen LogP contribution in [-0.4, -0.2) is 53.6 Å². The highest BCUT2D eigenvalue weighted by Gasteiger charge is 2.35. The lowest BCUT2D eigenvalue weighted by molar-refractivity contribution is -0.137. The molecule has 1 saturated heterocycles. The number of benzene rings is 1. The van der Waals surface area contributed by atoms with Gasteiger partial charge in [-0.1, -0.05) is 0 Å². The number of carbonyl (C=O) groups excluding carboxylic acids is 1. The fourth-order valence-electron chi connectivity index (χ4n) is 2.73. The van der Waals surface area contributed by atoms with Crippen LogP contribution >= 0.6 is 0 Å².